The third-order valence-electron chi connectivity index (χ3n) is 11.4. The number of pyridine rings is 1. The third-order valence-corrected chi connectivity index (χ3v) is 13.6. The normalized spacial score (nSPS) is 14.8. The smallest absolute Gasteiger partial charge is 0.338 e. The number of H-pyrrole nitrogens is 1. The Balaban J connectivity index is 0.000000208. The Labute approximate surface area is 354 Å². The Bertz CT molecular complexity index is 2310. The SMILES string of the molecule is CCC(=C1CCN(Cc2ncco2)CC1)c1scc(C(=O)NCc2c(C)cc(C)[nH]c2=O)c1C.CCC(=C1CCN(Cc2ncco2)CC1)c1scc(C(=O)OC)c1C. The molecule has 2 aliphatic heterocycles. The van der Waals surface area contributed by atoms with Gasteiger partial charge in [-0.3, -0.25) is 19.4 Å². The first kappa shape index (κ1) is 43.7. The van der Waals surface area contributed by atoms with Crippen molar-refractivity contribution in [3.63, 3.8) is 0 Å². The van der Waals surface area contributed by atoms with Crippen LogP contribution < -0.4 is 10.9 Å². The van der Waals surface area contributed by atoms with Gasteiger partial charge in [0.1, 0.15) is 12.5 Å². The van der Waals surface area contributed by atoms with Gasteiger partial charge in [0.25, 0.3) is 11.5 Å². The van der Waals surface area contributed by atoms with Gasteiger partial charge in [0.15, 0.2) is 0 Å². The van der Waals surface area contributed by atoms with Crippen molar-refractivity contribution in [2.24, 2.45) is 0 Å². The summed E-state index contributed by atoms with van der Waals surface area (Å²) in [6.45, 7) is 17.9. The Morgan fingerprint density at radius 2 is 1.29 bits per heavy atom. The number of aromatic amines is 1. The lowest BCUT2D eigenvalue weighted by Crippen LogP contribution is -2.30. The molecule has 5 aromatic heterocycles. The van der Waals surface area contributed by atoms with Crippen LogP contribution in [0.4, 0.5) is 0 Å². The van der Waals surface area contributed by atoms with Gasteiger partial charge in [-0.2, -0.15) is 0 Å². The van der Waals surface area contributed by atoms with E-state index in [4.69, 9.17) is 13.6 Å². The van der Waals surface area contributed by atoms with E-state index in [0.29, 0.717) is 16.7 Å². The van der Waals surface area contributed by atoms with Gasteiger partial charge in [0.05, 0.1) is 43.7 Å². The number of amides is 1. The molecule has 0 aliphatic carbocycles. The first-order chi connectivity index (χ1) is 28.5. The molecule has 59 heavy (non-hydrogen) atoms. The fourth-order valence-corrected chi connectivity index (χ4v) is 10.5. The lowest BCUT2D eigenvalue weighted by molar-refractivity contribution is 0.0600. The molecule has 0 atom stereocenters. The number of aryl methyl sites for hydroxylation is 2. The molecular formula is C45H56N6O6S2. The summed E-state index contributed by atoms with van der Waals surface area (Å²) in [4.78, 5) is 55.6. The molecule has 1 amide bonds. The van der Waals surface area contributed by atoms with E-state index in [1.165, 1.54) is 39.2 Å². The molecule has 7 rings (SSSR count). The Morgan fingerprint density at radius 3 is 1.73 bits per heavy atom. The summed E-state index contributed by atoms with van der Waals surface area (Å²) >= 11 is 3.29. The van der Waals surface area contributed by atoms with Gasteiger partial charge in [0, 0.05) is 64.5 Å². The van der Waals surface area contributed by atoms with Crippen LogP contribution in [0.25, 0.3) is 11.1 Å². The lowest BCUT2D eigenvalue weighted by Gasteiger charge is -2.28. The average Bonchev–Trinajstić information content (AvgIpc) is 4.07. The van der Waals surface area contributed by atoms with Gasteiger partial charge in [-0.1, -0.05) is 25.0 Å². The van der Waals surface area contributed by atoms with Crippen molar-refractivity contribution in [1.29, 1.82) is 0 Å². The maximum atomic E-state index is 13.0. The van der Waals surface area contributed by atoms with Crippen molar-refractivity contribution in [1.82, 2.24) is 30.1 Å². The predicted molar refractivity (Wildman–Crippen MR) is 234 cm³/mol. The van der Waals surface area contributed by atoms with Gasteiger partial charge in [-0.15, -0.1) is 22.7 Å². The second-order valence-corrected chi connectivity index (χ2v) is 16.9. The number of aromatic nitrogens is 3. The van der Waals surface area contributed by atoms with Crippen LogP contribution in [-0.4, -0.2) is 69.9 Å². The van der Waals surface area contributed by atoms with Crippen LogP contribution in [0, 0.1) is 27.7 Å². The van der Waals surface area contributed by atoms with E-state index < -0.39 is 0 Å². The number of piperidine rings is 2. The lowest BCUT2D eigenvalue weighted by atomic mass is 9.93. The van der Waals surface area contributed by atoms with Crippen molar-refractivity contribution in [3.05, 3.63) is 124 Å². The van der Waals surface area contributed by atoms with E-state index in [0.717, 1.165) is 112 Å². The topological polar surface area (TPSA) is 147 Å². The van der Waals surface area contributed by atoms with E-state index in [1.54, 1.807) is 47.6 Å². The number of thiophene rings is 2. The summed E-state index contributed by atoms with van der Waals surface area (Å²) in [6, 6.07) is 1.92. The molecule has 0 aromatic carbocycles. The minimum Gasteiger partial charge on any atom is -0.465 e. The van der Waals surface area contributed by atoms with Gasteiger partial charge >= 0.3 is 5.97 Å². The van der Waals surface area contributed by atoms with Gasteiger partial charge in [-0.05, 0) is 100 Å². The van der Waals surface area contributed by atoms with Crippen LogP contribution >= 0.6 is 22.7 Å². The van der Waals surface area contributed by atoms with Crippen molar-refractivity contribution >= 4 is 45.7 Å². The highest BCUT2D eigenvalue weighted by Crippen LogP contribution is 2.37. The van der Waals surface area contributed by atoms with E-state index in [2.05, 4.69) is 43.9 Å². The molecule has 0 bridgehead atoms. The number of nitrogens with one attached hydrogen (secondary N) is 2. The van der Waals surface area contributed by atoms with Crippen molar-refractivity contribution in [2.75, 3.05) is 33.3 Å². The molecule has 12 nitrogen and oxygen atoms in total. The van der Waals surface area contributed by atoms with Crippen LogP contribution in [0.2, 0.25) is 0 Å². The molecule has 2 saturated heterocycles. The second-order valence-electron chi connectivity index (χ2n) is 15.1. The molecule has 5 aromatic rings. The number of likely N-dealkylation sites (tertiary alicyclic amines) is 2. The Morgan fingerprint density at radius 1 is 0.797 bits per heavy atom. The zero-order chi connectivity index (χ0) is 42.1. The molecule has 2 fully saturated rings. The fraction of sp³-hybridized carbons (Fsp3) is 0.444. The second kappa shape index (κ2) is 20.4. The molecule has 2 N–H and O–H groups in total. The quantitative estimate of drug-likeness (QED) is 0.117. The Kier molecular flexibility index (Phi) is 15.1. The number of oxazole rings is 2. The van der Waals surface area contributed by atoms with Gasteiger partial charge in [0.2, 0.25) is 11.8 Å². The van der Waals surface area contributed by atoms with Crippen LogP contribution in [-0.2, 0) is 24.4 Å². The highest BCUT2D eigenvalue weighted by Gasteiger charge is 2.24. The van der Waals surface area contributed by atoms with Crippen LogP contribution in [0.3, 0.4) is 0 Å². The van der Waals surface area contributed by atoms with Gasteiger partial charge in [-0.25, -0.2) is 14.8 Å². The highest BCUT2D eigenvalue weighted by molar-refractivity contribution is 7.12. The number of methoxy groups -OCH3 is 1. The highest BCUT2D eigenvalue weighted by atomic mass is 32.1. The zero-order valence-electron chi connectivity index (χ0n) is 35.3. The van der Waals surface area contributed by atoms with Crippen molar-refractivity contribution in [3.8, 4) is 0 Å². The van der Waals surface area contributed by atoms with Crippen molar-refractivity contribution in [2.45, 2.75) is 99.7 Å². The minimum atomic E-state index is -0.249. The standard InChI is InChI=1S/C26H32N4O3S.C19H24N2O3S/c1-5-20(19-6-9-30(10-7-19)14-23-27-8-11-33-23)24-18(4)22(15-34-24)25(31)28-13-21-16(2)12-17(3)29-26(21)32;1-4-15(18-13(2)16(12-25-18)19(22)23-3)14-5-8-21(9-6-14)11-17-20-7-10-24-17/h8,11-12,15H,5-7,9-10,13-14H2,1-4H3,(H,28,31)(H,29,32);7,10,12H,4-6,8-9,11H2,1-3H3. The monoisotopic (exact) mass is 840 g/mol. The number of allylic oxidation sites excluding steroid dienone is 2. The van der Waals surface area contributed by atoms with Crippen LogP contribution in [0.15, 0.2) is 66.5 Å². The number of ether oxygens (including phenoxy) is 1. The number of hydrogen-bond donors (Lipinski definition) is 2. The molecule has 0 radical (unpaired) electrons. The number of carbonyl (C=O) groups excluding carboxylic acids is 2. The average molecular weight is 841 g/mol. The first-order valence-electron chi connectivity index (χ1n) is 20.4. The summed E-state index contributed by atoms with van der Waals surface area (Å²) in [5, 5.41) is 6.81. The number of rotatable bonds is 12. The molecule has 314 valence electrons. The number of hydrogen-bond acceptors (Lipinski definition) is 12. The maximum absolute atomic E-state index is 13.0. The summed E-state index contributed by atoms with van der Waals surface area (Å²) in [5.74, 6) is 1.15. The largest absolute Gasteiger partial charge is 0.465 e. The number of nitrogens with zero attached hydrogens (tertiary/aromatic N) is 4. The summed E-state index contributed by atoms with van der Waals surface area (Å²) in [5.41, 5.74) is 11.3. The number of esters is 1. The van der Waals surface area contributed by atoms with Crippen LogP contribution in [0.1, 0.15) is 123 Å². The third kappa shape index (κ3) is 10.7. The van der Waals surface area contributed by atoms with Crippen molar-refractivity contribution < 1.29 is 23.2 Å². The predicted octanol–water partition coefficient (Wildman–Crippen LogP) is 9.03. The molecule has 7 heterocycles. The molecule has 0 saturated carbocycles. The summed E-state index contributed by atoms with van der Waals surface area (Å²) in [6.07, 6.45) is 12.7. The van der Waals surface area contributed by atoms with Gasteiger partial charge < -0.3 is 23.9 Å². The molecule has 2 aliphatic rings. The summed E-state index contributed by atoms with van der Waals surface area (Å²) < 4.78 is 15.6. The zero-order valence-corrected chi connectivity index (χ0v) is 36.9. The molecule has 14 heteroatoms. The fourth-order valence-electron chi connectivity index (χ4n) is 8.08. The molecular weight excluding hydrogens is 785 g/mol. The number of carbonyl (C=O) groups is 2. The van der Waals surface area contributed by atoms with E-state index >= 15 is 0 Å². The van der Waals surface area contributed by atoms with E-state index in [1.807, 2.05) is 44.5 Å². The van der Waals surface area contributed by atoms with E-state index in [9.17, 15) is 14.4 Å². The van der Waals surface area contributed by atoms with E-state index in [-0.39, 0.29) is 24.0 Å². The summed E-state index contributed by atoms with van der Waals surface area (Å²) in [7, 11) is 1.43. The molecule has 0 spiro atoms. The minimum absolute atomic E-state index is 0.138. The Hall–Kier alpha value is -4.89. The maximum Gasteiger partial charge on any atom is 0.338 e. The van der Waals surface area contributed by atoms with Crippen LogP contribution in [0.5, 0.6) is 0 Å². The molecule has 0 unspecified atom stereocenters. The first-order valence-corrected chi connectivity index (χ1v) is 22.1.